The summed E-state index contributed by atoms with van der Waals surface area (Å²) in [7, 11) is 0. The van der Waals surface area contributed by atoms with Crippen LogP contribution in [0.15, 0.2) is 24.4 Å². The van der Waals surface area contributed by atoms with Crippen LogP contribution < -0.4 is 4.57 Å². The minimum absolute atomic E-state index is 1.22. The van der Waals surface area contributed by atoms with Crippen LogP contribution in [0.2, 0.25) is 0 Å². The Kier molecular flexibility index (Phi) is 30.8. The Bertz CT molecular complexity index is 582. The van der Waals surface area contributed by atoms with E-state index in [9.17, 15) is 0 Å². The average Bonchev–Trinajstić information content (AvgIpc) is 3.01. The van der Waals surface area contributed by atoms with Gasteiger partial charge in [-0.05, 0) is 12.8 Å². The first-order valence-electron chi connectivity index (χ1n) is 19.9. The maximum absolute atomic E-state index is 2.55. The summed E-state index contributed by atoms with van der Waals surface area (Å²) in [6.07, 6.45) is 49.9. The highest BCUT2D eigenvalue weighted by Gasteiger charge is 2.09. The van der Waals surface area contributed by atoms with Crippen molar-refractivity contribution >= 4 is 0 Å². The van der Waals surface area contributed by atoms with Crippen LogP contribution in [0.25, 0.3) is 0 Å². The molecule has 0 aliphatic heterocycles. The van der Waals surface area contributed by atoms with E-state index in [1.54, 1.807) is 5.69 Å². The Labute approximate surface area is 266 Å². The van der Waals surface area contributed by atoms with Crippen LogP contribution in [0.4, 0.5) is 0 Å². The van der Waals surface area contributed by atoms with E-state index in [4.69, 9.17) is 0 Å². The third-order valence-electron chi connectivity index (χ3n) is 9.57. The standard InChI is InChI=1S/C41H78N/c1-3-5-7-9-11-13-15-17-19-21-23-25-27-29-31-33-37-41-38-34-36-40-42(41)39-35-32-30-28-26-24-22-20-18-16-14-12-10-8-6-4-2/h34,36,38,40H,3-33,35,37,39H2,1-2H3/q+1. The monoisotopic (exact) mass is 585 g/mol. The van der Waals surface area contributed by atoms with E-state index >= 15 is 0 Å². The van der Waals surface area contributed by atoms with Gasteiger partial charge >= 0.3 is 0 Å². The smallest absolute Gasteiger partial charge is 0.181 e. The maximum Gasteiger partial charge on any atom is 0.181 e. The summed E-state index contributed by atoms with van der Waals surface area (Å²) in [5, 5.41) is 0. The van der Waals surface area contributed by atoms with Crippen molar-refractivity contribution < 1.29 is 4.57 Å². The van der Waals surface area contributed by atoms with E-state index in [2.05, 4.69) is 42.8 Å². The van der Waals surface area contributed by atoms with Crippen molar-refractivity contribution in [1.82, 2.24) is 0 Å². The summed E-state index contributed by atoms with van der Waals surface area (Å²) in [6, 6.07) is 6.84. The molecule has 0 amide bonds. The number of aromatic nitrogens is 1. The Morgan fingerprint density at radius 2 is 0.667 bits per heavy atom. The second-order valence-electron chi connectivity index (χ2n) is 13.7. The van der Waals surface area contributed by atoms with Crippen LogP contribution in [0.5, 0.6) is 0 Å². The minimum Gasteiger partial charge on any atom is -0.202 e. The third-order valence-corrected chi connectivity index (χ3v) is 9.57. The number of rotatable bonds is 34. The van der Waals surface area contributed by atoms with Crippen molar-refractivity contribution in [2.45, 2.75) is 232 Å². The van der Waals surface area contributed by atoms with Gasteiger partial charge in [0.2, 0.25) is 0 Å². The normalized spacial score (nSPS) is 11.5. The second-order valence-corrected chi connectivity index (χ2v) is 13.7. The number of hydrogen-bond acceptors (Lipinski definition) is 0. The zero-order chi connectivity index (χ0) is 30.0. The molecule has 1 aromatic rings. The van der Waals surface area contributed by atoms with Gasteiger partial charge in [0.1, 0.15) is 6.54 Å². The lowest BCUT2D eigenvalue weighted by molar-refractivity contribution is -0.704. The van der Waals surface area contributed by atoms with Gasteiger partial charge in [0.15, 0.2) is 11.9 Å². The fourth-order valence-electron chi connectivity index (χ4n) is 6.64. The molecule has 0 bridgehead atoms. The lowest BCUT2D eigenvalue weighted by Gasteiger charge is -2.06. The largest absolute Gasteiger partial charge is 0.202 e. The van der Waals surface area contributed by atoms with Crippen molar-refractivity contribution in [3.05, 3.63) is 30.1 Å². The number of pyridine rings is 1. The van der Waals surface area contributed by atoms with Crippen LogP contribution >= 0.6 is 0 Å². The summed E-state index contributed by atoms with van der Waals surface area (Å²) >= 11 is 0. The lowest BCUT2D eigenvalue weighted by Crippen LogP contribution is -2.37. The summed E-state index contributed by atoms with van der Waals surface area (Å²) < 4.78 is 2.55. The quantitative estimate of drug-likeness (QED) is 0.0560. The van der Waals surface area contributed by atoms with E-state index in [-0.39, 0.29) is 0 Å². The van der Waals surface area contributed by atoms with E-state index in [1.165, 1.54) is 218 Å². The van der Waals surface area contributed by atoms with E-state index in [0.29, 0.717) is 0 Å². The molecule has 0 N–H and O–H groups in total. The van der Waals surface area contributed by atoms with Crippen LogP contribution in [-0.2, 0) is 13.0 Å². The molecule has 0 atom stereocenters. The molecule has 0 aromatic carbocycles. The molecule has 1 nitrogen and oxygen atoms in total. The zero-order valence-electron chi connectivity index (χ0n) is 29.3. The molecule has 0 aliphatic carbocycles. The van der Waals surface area contributed by atoms with Gasteiger partial charge < -0.3 is 0 Å². The Hall–Kier alpha value is -0.850. The first-order chi connectivity index (χ1) is 20.9. The third kappa shape index (κ3) is 26.8. The summed E-state index contributed by atoms with van der Waals surface area (Å²) in [5.74, 6) is 0. The summed E-state index contributed by atoms with van der Waals surface area (Å²) in [6.45, 7) is 5.83. The van der Waals surface area contributed by atoms with Gasteiger partial charge in [-0.3, -0.25) is 0 Å². The van der Waals surface area contributed by atoms with Crippen LogP contribution in [0.3, 0.4) is 0 Å². The van der Waals surface area contributed by atoms with Gasteiger partial charge in [0.25, 0.3) is 0 Å². The van der Waals surface area contributed by atoms with Gasteiger partial charge in [-0.2, -0.15) is 0 Å². The molecule has 0 fully saturated rings. The van der Waals surface area contributed by atoms with Crippen molar-refractivity contribution in [3.8, 4) is 0 Å². The molecule has 0 aliphatic rings. The molecule has 0 saturated carbocycles. The highest BCUT2D eigenvalue weighted by atomic mass is 14.9. The first-order valence-corrected chi connectivity index (χ1v) is 19.9. The molecule has 0 saturated heterocycles. The summed E-state index contributed by atoms with van der Waals surface area (Å²) in [4.78, 5) is 0. The van der Waals surface area contributed by atoms with Gasteiger partial charge in [-0.25, -0.2) is 4.57 Å². The molecule has 246 valence electrons. The Morgan fingerprint density at radius 3 is 1.02 bits per heavy atom. The van der Waals surface area contributed by atoms with Crippen molar-refractivity contribution in [2.75, 3.05) is 0 Å². The molecule has 42 heavy (non-hydrogen) atoms. The molecule has 1 aromatic heterocycles. The zero-order valence-corrected chi connectivity index (χ0v) is 29.3. The van der Waals surface area contributed by atoms with E-state index < -0.39 is 0 Å². The second kappa shape index (κ2) is 33.1. The highest BCUT2D eigenvalue weighted by Crippen LogP contribution is 2.15. The van der Waals surface area contributed by atoms with Crippen molar-refractivity contribution in [3.63, 3.8) is 0 Å². The average molecular weight is 585 g/mol. The molecule has 1 heterocycles. The topological polar surface area (TPSA) is 3.88 Å². The van der Waals surface area contributed by atoms with Crippen LogP contribution in [0, 0.1) is 0 Å². The molecular formula is C41H78N+. The molecular weight excluding hydrogens is 506 g/mol. The first kappa shape index (κ1) is 39.2. The number of unbranched alkanes of at least 4 members (excludes halogenated alkanes) is 30. The molecule has 0 spiro atoms. The Balaban J connectivity index is 1.88. The molecule has 0 radical (unpaired) electrons. The number of hydrogen-bond donors (Lipinski definition) is 0. The predicted molar refractivity (Wildman–Crippen MR) is 189 cm³/mol. The highest BCUT2D eigenvalue weighted by molar-refractivity contribution is 4.97. The SMILES string of the molecule is CCCCCCCCCCCCCCCCCCc1cccc[n+]1CCCCCCCCCCCCCCCCCC. The lowest BCUT2D eigenvalue weighted by atomic mass is 10.0. The van der Waals surface area contributed by atoms with Crippen molar-refractivity contribution in [2.24, 2.45) is 0 Å². The molecule has 1 heteroatoms. The molecule has 0 unspecified atom stereocenters. The number of nitrogens with zero attached hydrogens (tertiary/aromatic N) is 1. The van der Waals surface area contributed by atoms with Gasteiger partial charge in [-0.15, -0.1) is 0 Å². The van der Waals surface area contributed by atoms with E-state index in [0.717, 1.165) is 0 Å². The maximum atomic E-state index is 2.55. The molecule has 1 rings (SSSR count). The fourth-order valence-corrected chi connectivity index (χ4v) is 6.64. The minimum atomic E-state index is 1.22. The van der Waals surface area contributed by atoms with Crippen LogP contribution in [0.1, 0.15) is 225 Å². The predicted octanol–water partition coefficient (Wildman–Crippen LogP) is 14.0. The number of aryl methyl sites for hydroxylation is 2. The van der Waals surface area contributed by atoms with E-state index in [1.807, 2.05) is 0 Å². The van der Waals surface area contributed by atoms with Gasteiger partial charge in [0, 0.05) is 25.0 Å². The van der Waals surface area contributed by atoms with Gasteiger partial charge in [-0.1, -0.05) is 206 Å². The van der Waals surface area contributed by atoms with Crippen LogP contribution in [-0.4, -0.2) is 0 Å². The van der Waals surface area contributed by atoms with Gasteiger partial charge in [0.05, 0.1) is 0 Å². The summed E-state index contributed by atoms with van der Waals surface area (Å²) in [5.41, 5.74) is 1.56. The fraction of sp³-hybridized carbons (Fsp3) is 0.878. The van der Waals surface area contributed by atoms with Crippen molar-refractivity contribution in [1.29, 1.82) is 0 Å². The Morgan fingerprint density at radius 1 is 0.357 bits per heavy atom.